The van der Waals surface area contributed by atoms with E-state index in [2.05, 4.69) is 94.3 Å². The molecule has 9 heteroatoms. The molecule has 3 aromatic carbocycles. The quantitative estimate of drug-likeness (QED) is 0.220. The highest BCUT2D eigenvalue weighted by Gasteiger charge is 2.20. The zero-order valence-corrected chi connectivity index (χ0v) is 26.4. The van der Waals surface area contributed by atoms with Crippen molar-refractivity contribution in [3.8, 4) is 23.0 Å². The van der Waals surface area contributed by atoms with Crippen molar-refractivity contribution in [1.29, 1.82) is 0 Å². The van der Waals surface area contributed by atoms with Crippen LogP contribution in [0.15, 0.2) is 60.7 Å². The minimum Gasteiger partial charge on any atom is -0.716 e. The van der Waals surface area contributed by atoms with Crippen LogP contribution >= 0.6 is 0 Å². The normalized spacial score (nSPS) is 11.7. The molecule has 0 aliphatic carbocycles. The maximum atomic E-state index is 10.5. The molecule has 0 spiro atoms. The molecule has 208 valence electrons. The zero-order chi connectivity index (χ0) is 28.7. The average molecular weight is 657 g/mol. The Morgan fingerprint density at radius 2 is 1.03 bits per heavy atom. The van der Waals surface area contributed by atoms with Gasteiger partial charge in [-0.2, -0.15) is 0 Å². The van der Waals surface area contributed by atoms with E-state index in [0.717, 1.165) is 0 Å². The van der Waals surface area contributed by atoms with Crippen molar-refractivity contribution >= 4 is 10.4 Å². The van der Waals surface area contributed by atoms with Gasteiger partial charge in [0.15, 0.2) is 18.6 Å². The molecular formula is C29H37IO7S. The zero-order valence-electron chi connectivity index (χ0n) is 23.4. The maximum absolute atomic E-state index is 10.5. The fraction of sp³-hybridized carbons (Fsp3) is 0.379. The molecule has 0 aliphatic heterocycles. The van der Waals surface area contributed by atoms with E-state index in [0.29, 0.717) is 0 Å². The number of hydrogen-bond acceptors (Lipinski definition) is 7. The van der Waals surface area contributed by atoms with Crippen LogP contribution < -0.4 is 39.6 Å². The smallest absolute Gasteiger partial charge is 0.357 e. The van der Waals surface area contributed by atoms with E-state index in [1.165, 1.54) is 51.7 Å². The Morgan fingerprint density at radius 3 is 1.29 bits per heavy atom. The van der Waals surface area contributed by atoms with Crippen LogP contribution in [-0.2, 0) is 21.2 Å². The summed E-state index contributed by atoms with van der Waals surface area (Å²) < 4.78 is 53.5. The second kappa shape index (κ2) is 13.0. The molecule has 0 aliphatic rings. The third-order valence-electron chi connectivity index (χ3n) is 5.48. The van der Waals surface area contributed by atoms with Crippen LogP contribution in [0, 0.1) is 7.14 Å². The number of ether oxygens (including phenoxy) is 3. The fourth-order valence-electron chi connectivity index (χ4n) is 3.37. The molecule has 3 rings (SSSR count). The lowest BCUT2D eigenvalue weighted by Gasteiger charge is -2.18. The van der Waals surface area contributed by atoms with Crippen LogP contribution in [0.5, 0.6) is 23.0 Å². The van der Waals surface area contributed by atoms with Gasteiger partial charge in [-0.15, -0.1) is 0 Å². The van der Waals surface area contributed by atoms with Gasteiger partial charge in [0.2, 0.25) is 5.75 Å². The molecule has 38 heavy (non-hydrogen) atoms. The second-order valence-corrected chi connectivity index (χ2v) is 14.5. The third kappa shape index (κ3) is 9.67. The van der Waals surface area contributed by atoms with Crippen molar-refractivity contribution in [2.24, 2.45) is 0 Å². The molecule has 0 N–H and O–H groups in total. The van der Waals surface area contributed by atoms with Crippen LogP contribution in [0.3, 0.4) is 0 Å². The van der Waals surface area contributed by atoms with E-state index < -0.39 is 10.4 Å². The minimum absolute atomic E-state index is 0.0703. The SMILES string of the molecule is CC(C)(C)c1ccc([I+]c2ccc(C(C)(C)C)cc2)cc1.COc1cc(OS(=O)(=O)[O-])cc(OC)c1OC. The van der Waals surface area contributed by atoms with Gasteiger partial charge in [-0.05, 0) is 46.2 Å². The predicted octanol–water partition coefficient (Wildman–Crippen LogP) is 2.96. The monoisotopic (exact) mass is 656 g/mol. The van der Waals surface area contributed by atoms with Crippen molar-refractivity contribution in [3.05, 3.63) is 78.9 Å². The first-order chi connectivity index (χ1) is 17.6. The molecule has 3 aromatic rings. The van der Waals surface area contributed by atoms with Gasteiger partial charge in [-0.25, -0.2) is 8.42 Å². The van der Waals surface area contributed by atoms with E-state index in [1.807, 2.05) is 0 Å². The number of rotatable bonds is 7. The molecule has 0 atom stereocenters. The Bertz CT molecular complexity index is 1210. The summed E-state index contributed by atoms with van der Waals surface area (Å²) in [6.07, 6.45) is 0. The first-order valence-electron chi connectivity index (χ1n) is 11.9. The Labute approximate surface area is 237 Å². The van der Waals surface area contributed by atoms with Gasteiger partial charge < -0.3 is 22.9 Å². The first kappa shape index (κ1) is 31.7. The van der Waals surface area contributed by atoms with Crippen molar-refractivity contribution in [2.75, 3.05) is 21.3 Å². The van der Waals surface area contributed by atoms with E-state index >= 15 is 0 Å². The molecule has 0 unspecified atom stereocenters. The number of hydrogen-bond donors (Lipinski definition) is 0. The molecule has 0 aromatic heterocycles. The second-order valence-electron chi connectivity index (χ2n) is 10.5. The van der Waals surface area contributed by atoms with E-state index in [9.17, 15) is 13.0 Å². The average Bonchev–Trinajstić information content (AvgIpc) is 2.82. The van der Waals surface area contributed by atoms with Crippen LogP contribution in [0.4, 0.5) is 0 Å². The van der Waals surface area contributed by atoms with Crippen molar-refractivity contribution < 1.29 is 52.6 Å². The Morgan fingerprint density at radius 1 is 0.658 bits per heavy atom. The van der Waals surface area contributed by atoms with E-state index in [4.69, 9.17) is 14.2 Å². The van der Waals surface area contributed by atoms with Crippen molar-refractivity contribution in [3.63, 3.8) is 0 Å². The highest BCUT2D eigenvalue weighted by molar-refractivity contribution is 7.81. The summed E-state index contributed by atoms with van der Waals surface area (Å²) in [5.74, 6) is 0.427. The number of halogens is 1. The molecule has 0 fully saturated rings. The van der Waals surface area contributed by atoms with Crippen molar-refractivity contribution in [1.82, 2.24) is 0 Å². The van der Waals surface area contributed by atoms with Gasteiger partial charge in [0.25, 0.3) is 10.4 Å². The molecule has 0 amide bonds. The summed E-state index contributed by atoms with van der Waals surface area (Å²) in [6, 6.07) is 20.8. The van der Waals surface area contributed by atoms with Crippen LogP contribution in [0.25, 0.3) is 0 Å². The summed E-state index contributed by atoms with van der Waals surface area (Å²) in [4.78, 5) is 0. The first-order valence-corrected chi connectivity index (χ1v) is 15.4. The highest BCUT2D eigenvalue weighted by Crippen LogP contribution is 2.41. The summed E-state index contributed by atoms with van der Waals surface area (Å²) in [5, 5.41) is 0. The van der Waals surface area contributed by atoms with Crippen LogP contribution in [0.2, 0.25) is 0 Å². The molecule has 0 bridgehead atoms. The van der Waals surface area contributed by atoms with Gasteiger partial charge in [-0.3, -0.25) is 0 Å². The Balaban J connectivity index is 0.000000273. The van der Waals surface area contributed by atoms with Gasteiger partial charge in [0.1, 0.15) is 5.75 Å². The molecule has 0 saturated carbocycles. The van der Waals surface area contributed by atoms with E-state index in [-0.39, 0.29) is 55.0 Å². The largest absolute Gasteiger partial charge is 0.716 e. The summed E-state index contributed by atoms with van der Waals surface area (Å²) in [6.45, 7) is 13.6. The molecule has 7 nitrogen and oxygen atoms in total. The molecular weight excluding hydrogens is 619 g/mol. The predicted molar refractivity (Wildman–Crippen MR) is 144 cm³/mol. The van der Waals surface area contributed by atoms with Gasteiger partial charge in [0, 0.05) is 12.1 Å². The van der Waals surface area contributed by atoms with Crippen LogP contribution in [-0.4, -0.2) is 34.3 Å². The van der Waals surface area contributed by atoms with Gasteiger partial charge in [0.05, 0.1) is 21.3 Å². The maximum Gasteiger partial charge on any atom is 0.357 e. The standard InChI is InChI=1S/C20H26I.C9H12O7S/c1-19(2,3)15-7-11-17(12-8-15)21-18-13-9-16(10-14-18)20(4,5)6;1-13-7-4-6(16-17(10,11)12)5-8(14-2)9(7)15-3/h7-14H,1-6H3;4-5H,1-3H3,(H,10,11,12)/q+1;/p-1. The molecule has 0 saturated heterocycles. The third-order valence-corrected chi connectivity index (χ3v) is 8.56. The minimum atomic E-state index is -4.85. The van der Waals surface area contributed by atoms with E-state index in [1.54, 1.807) is 0 Å². The Kier molecular flexibility index (Phi) is 10.9. The highest BCUT2D eigenvalue weighted by atomic mass is 127. The lowest BCUT2D eigenvalue weighted by Crippen LogP contribution is -3.61. The van der Waals surface area contributed by atoms with Gasteiger partial charge in [-0.1, -0.05) is 65.8 Å². The lowest BCUT2D eigenvalue weighted by atomic mass is 9.87. The summed E-state index contributed by atoms with van der Waals surface area (Å²) >= 11 is -0.0703. The topological polar surface area (TPSA) is 94.1 Å². The molecule has 0 radical (unpaired) electrons. The van der Waals surface area contributed by atoms with Crippen molar-refractivity contribution in [2.45, 2.75) is 52.4 Å². The molecule has 0 heterocycles. The lowest BCUT2D eigenvalue weighted by molar-refractivity contribution is -0.597. The summed E-state index contributed by atoms with van der Waals surface area (Å²) in [7, 11) is -0.747. The Hall–Kier alpha value is -2.50. The fourth-order valence-corrected chi connectivity index (χ4v) is 5.86. The van der Waals surface area contributed by atoms with Crippen LogP contribution in [0.1, 0.15) is 52.7 Å². The summed E-state index contributed by atoms with van der Waals surface area (Å²) in [5.41, 5.74) is 3.31. The van der Waals surface area contributed by atoms with Gasteiger partial charge >= 0.3 is 21.2 Å². The number of methoxy groups -OCH3 is 3. The number of benzene rings is 3.